The van der Waals surface area contributed by atoms with Gasteiger partial charge >= 0.3 is 0 Å². The topological polar surface area (TPSA) is 69.0 Å². The SMILES string of the molecule is c1ccc(COCC2CN(c3ncccn3)Cc3ccnn3C2)nc1. The summed E-state index contributed by atoms with van der Waals surface area (Å²) in [6, 6.07) is 9.74. The molecular formula is C18H20N6O. The molecule has 4 heterocycles. The highest BCUT2D eigenvalue weighted by Crippen LogP contribution is 2.20. The summed E-state index contributed by atoms with van der Waals surface area (Å²) in [5.41, 5.74) is 2.11. The van der Waals surface area contributed by atoms with Crippen molar-refractivity contribution < 1.29 is 4.74 Å². The highest BCUT2D eigenvalue weighted by Gasteiger charge is 2.24. The highest BCUT2D eigenvalue weighted by molar-refractivity contribution is 5.30. The Labute approximate surface area is 146 Å². The van der Waals surface area contributed by atoms with Gasteiger partial charge in [-0.1, -0.05) is 6.07 Å². The molecule has 0 aromatic carbocycles. The van der Waals surface area contributed by atoms with Crippen molar-refractivity contribution in [3.05, 3.63) is 66.5 Å². The van der Waals surface area contributed by atoms with Crippen molar-refractivity contribution in [2.24, 2.45) is 5.92 Å². The first-order valence-electron chi connectivity index (χ1n) is 8.39. The molecule has 0 N–H and O–H groups in total. The van der Waals surface area contributed by atoms with Crippen LogP contribution in [0.25, 0.3) is 0 Å². The molecule has 1 aliphatic heterocycles. The lowest BCUT2D eigenvalue weighted by molar-refractivity contribution is 0.0809. The second-order valence-corrected chi connectivity index (χ2v) is 6.14. The summed E-state index contributed by atoms with van der Waals surface area (Å²) in [5, 5.41) is 4.44. The average molecular weight is 336 g/mol. The third kappa shape index (κ3) is 3.83. The summed E-state index contributed by atoms with van der Waals surface area (Å²) in [6.45, 7) is 3.56. The number of rotatable bonds is 5. The second-order valence-electron chi connectivity index (χ2n) is 6.14. The van der Waals surface area contributed by atoms with Crippen LogP contribution in [-0.4, -0.2) is 37.9 Å². The van der Waals surface area contributed by atoms with Gasteiger partial charge in [0.05, 0.1) is 31.1 Å². The molecule has 1 unspecified atom stereocenters. The number of pyridine rings is 1. The summed E-state index contributed by atoms with van der Waals surface area (Å²) in [7, 11) is 0. The number of anilines is 1. The first-order chi connectivity index (χ1) is 12.4. The summed E-state index contributed by atoms with van der Waals surface area (Å²) < 4.78 is 7.97. The number of nitrogens with zero attached hydrogens (tertiary/aromatic N) is 6. The largest absolute Gasteiger partial charge is 0.375 e. The lowest BCUT2D eigenvalue weighted by Crippen LogP contribution is -2.31. The van der Waals surface area contributed by atoms with Crippen LogP contribution in [0.3, 0.4) is 0 Å². The van der Waals surface area contributed by atoms with Crippen LogP contribution in [0.5, 0.6) is 0 Å². The fraction of sp³-hybridized carbons (Fsp3) is 0.333. The van der Waals surface area contributed by atoms with E-state index in [0.29, 0.717) is 19.1 Å². The second kappa shape index (κ2) is 7.40. The first kappa shape index (κ1) is 15.7. The third-order valence-corrected chi connectivity index (χ3v) is 4.23. The molecule has 0 saturated carbocycles. The molecule has 3 aromatic rings. The van der Waals surface area contributed by atoms with Gasteiger partial charge in [-0.15, -0.1) is 0 Å². The van der Waals surface area contributed by atoms with Gasteiger partial charge in [0.1, 0.15) is 0 Å². The van der Waals surface area contributed by atoms with Crippen molar-refractivity contribution in [3.63, 3.8) is 0 Å². The van der Waals surface area contributed by atoms with Crippen LogP contribution in [-0.2, 0) is 24.4 Å². The van der Waals surface area contributed by atoms with E-state index in [2.05, 4.69) is 29.6 Å². The molecule has 0 bridgehead atoms. The first-order valence-corrected chi connectivity index (χ1v) is 8.39. The fourth-order valence-electron chi connectivity index (χ4n) is 3.06. The van der Waals surface area contributed by atoms with Gasteiger partial charge in [-0.3, -0.25) is 9.67 Å². The maximum Gasteiger partial charge on any atom is 0.225 e. The Morgan fingerprint density at radius 3 is 2.68 bits per heavy atom. The van der Waals surface area contributed by atoms with Crippen LogP contribution in [0, 0.1) is 5.92 Å². The number of fused-ring (bicyclic) bond motifs is 1. The quantitative estimate of drug-likeness (QED) is 0.709. The molecule has 0 radical (unpaired) electrons. The van der Waals surface area contributed by atoms with Crippen LogP contribution in [0.2, 0.25) is 0 Å². The number of aromatic nitrogens is 5. The van der Waals surface area contributed by atoms with Crippen molar-refractivity contribution in [2.75, 3.05) is 18.1 Å². The molecule has 3 aromatic heterocycles. The predicted molar refractivity (Wildman–Crippen MR) is 92.7 cm³/mol. The summed E-state index contributed by atoms with van der Waals surface area (Å²) in [5.74, 6) is 1.04. The van der Waals surface area contributed by atoms with Gasteiger partial charge in [0.2, 0.25) is 5.95 Å². The molecule has 1 atom stereocenters. The van der Waals surface area contributed by atoms with Crippen molar-refractivity contribution in [1.82, 2.24) is 24.7 Å². The van der Waals surface area contributed by atoms with Gasteiger partial charge in [-0.25, -0.2) is 9.97 Å². The molecular weight excluding hydrogens is 316 g/mol. The molecule has 4 rings (SSSR count). The zero-order valence-corrected chi connectivity index (χ0v) is 13.9. The summed E-state index contributed by atoms with van der Waals surface area (Å²) in [6.07, 6.45) is 7.18. The average Bonchev–Trinajstić information content (AvgIpc) is 3.02. The Kier molecular flexibility index (Phi) is 4.65. The molecule has 25 heavy (non-hydrogen) atoms. The van der Waals surface area contributed by atoms with Crippen molar-refractivity contribution in [1.29, 1.82) is 0 Å². The zero-order chi connectivity index (χ0) is 16.9. The number of hydrogen-bond donors (Lipinski definition) is 0. The van der Waals surface area contributed by atoms with E-state index in [9.17, 15) is 0 Å². The fourth-order valence-corrected chi connectivity index (χ4v) is 3.06. The van der Waals surface area contributed by atoms with Crippen LogP contribution in [0.15, 0.2) is 55.1 Å². The van der Waals surface area contributed by atoms with E-state index in [4.69, 9.17) is 4.74 Å². The van der Waals surface area contributed by atoms with Gasteiger partial charge < -0.3 is 9.64 Å². The van der Waals surface area contributed by atoms with Gasteiger partial charge in [0, 0.05) is 43.8 Å². The molecule has 1 aliphatic rings. The lowest BCUT2D eigenvalue weighted by Gasteiger charge is -2.23. The Bertz CT molecular complexity index is 792. The maximum atomic E-state index is 5.92. The number of ether oxygens (including phenoxy) is 1. The van der Waals surface area contributed by atoms with E-state index in [0.717, 1.165) is 31.3 Å². The summed E-state index contributed by atoms with van der Waals surface area (Å²) >= 11 is 0. The van der Waals surface area contributed by atoms with Crippen molar-refractivity contribution in [2.45, 2.75) is 19.7 Å². The van der Waals surface area contributed by atoms with Crippen LogP contribution >= 0.6 is 0 Å². The smallest absolute Gasteiger partial charge is 0.225 e. The molecule has 0 saturated heterocycles. The Morgan fingerprint density at radius 1 is 0.960 bits per heavy atom. The highest BCUT2D eigenvalue weighted by atomic mass is 16.5. The standard InChI is InChI=1S/C18H20N6O/c1-2-6-19-16(4-1)14-25-13-15-10-23(18-20-7-3-8-21-18)12-17-5-9-22-24(17)11-15/h1-9,15H,10-14H2. The minimum absolute atomic E-state index is 0.300. The molecule has 0 aliphatic carbocycles. The van der Waals surface area contributed by atoms with E-state index in [1.807, 2.05) is 36.5 Å². The lowest BCUT2D eigenvalue weighted by atomic mass is 10.1. The van der Waals surface area contributed by atoms with E-state index >= 15 is 0 Å². The van der Waals surface area contributed by atoms with Crippen LogP contribution in [0.1, 0.15) is 11.4 Å². The Hall–Kier alpha value is -2.80. The van der Waals surface area contributed by atoms with Gasteiger partial charge in [-0.2, -0.15) is 5.10 Å². The molecule has 0 amide bonds. The predicted octanol–water partition coefficient (Wildman–Crippen LogP) is 1.92. The van der Waals surface area contributed by atoms with E-state index in [1.54, 1.807) is 18.6 Å². The van der Waals surface area contributed by atoms with Gasteiger partial charge in [0.25, 0.3) is 0 Å². The maximum absolute atomic E-state index is 5.92. The van der Waals surface area contributed by atoms with Gasteiger partial charge in [-0.05, 0) is 24.3 Å². The Balaban J connectivity index is 1.45. The van der Waals surface area contributed by atoms with E-state index in [1.165, 1.54) is 5.69 Å². The summed E-state index contributed by atoms with van der Waals surface area (Å²) in [4.78, 5) is 15.3. The zero-order valence-electron chi connectivity index (χ0n) is 13.9. The number of hydrogen-bond acceptors (Lipinski definition) is 6. The third-order valence-electron chi connectivity index (χ3n) is 4.23. The van der Waals surface area contributed by atoms with E-state index in [-0.39, 0.29) is 0 Å². The normalized spacial score (nSPS) is 17.1. The van der Waals surface area contributed by atoms with Crippen molar-refractivity contribution >= 4 is 5.95 Å². The minimum Gasteiger partial charge on any atom is -0.375 e. The van der Waals surface area contributed by atoms with Crippen LogP contribution < -0.4 is 4.90 Å². The van der Waals surface area contributed by atoms with Crippen molar-refractivity contribution in [3.8, 4) is 0 Å². The van der Waals surface area contributed by atoms with Crippen LogP contribution in [0.4, 0.5) is 5.95 Å². The molecule has 0 fully saturated rings. The molecule has 0 spiro atoms. The molecule has 7 heteroatoms. The Morgan fingerprint density at radius 2 is 1.84 bits per heavy atom. The van der Waals surface area contributed by atoms with Gasteiger partial charge in [0.15, 0.2) is 0 Å². The van der Waals surface area contributed by atoms with E-state index < -0.39 is 0 Å². The minimum atomic E-state index is 0.300. The molecule has 128 valence electrons. The monoisotopic (exact) mass is 336 g/mol. The molecule has 7 nitrogen and oxygen atoms in total.